The number of aryl methyl sites for hydroxylation is 2. The van der Waals surface area contributed by atoms with Gasteiger partial charge in [-0.25, -0.2) is 0 Å². The third-order valence-corrected chi connectivity index (χ3v) is 4.24. The lowest BCUT2D eigenvalue weighted by Crippen LogP contribution is -2.06. The number of halogens is 1. The molecule has 0 spiro atoms. The first-order chi connectivity index (χ1) is 11.5. The number of unbranched alkanes of at least 4 members (excludes halogenated alkanes) is 1. The molecule has 128 valence electrons. The van der Waals surface area contributed by atoms with Crippen molar-refractivity contribution in [3.05, 3.63) is 53.1 Å². The molecule has 0 bridgehead atoms. The molecule has 0 saturated heterocycles. The van der Waals surface area contributed by atoms with Gasteiger partial charge < -0.3 is 9.47 Å². The highest BCUT2D eigenvalue weighted by Gasteiger charge is 2.13. The molecule has 3 nitrogen and oxygen atoms in total. The molecule has 0 heterocycles. The van der Waals surface area contributed by atoms with Crippen LogP contribution < -0.4 is 9.47 Å². The molecular formula is C20H23BrO3. The Bertz CT molecular complexity index is 670. The number of carbonyl (C=O) groups is 1. The standard InChI is InChI=1S/C20H23BrO3/c1-4-5-10-23-16-6-8-17(9-7-16)24-18-11-14(2)20(15(3)12-18)19(22)13-21/h6-9,11-12H,4-5,10,13H2,1-3H3. The monoisotopic (exact) mass is 390 g/mol. The fourth-order valence-corrected chi connectivity index (χ4v) is 2.84. The third kappa shape index (κ3) is 4.84. The molecule has 4 heteroatoms. The van der Waals surface area contributed by atoms with Gasteiger partial charge in [0.2, 0.25) is 0 Å². The fourth-order valence-electron chi connectivity index (χ4n) is 2.56. The molecule has 0 aromatic heterocycles. The van der Waals surface area contributed by atoms with Gasteiger partial charge in [0, 0.05) is 5.56 Å². The summed E-state index contributed by atoms with van der Waals surface area (Å²) in [6.07, 6.45) is 2.17. The molecule has 0 aliphatic rings. The van der Waals surface area contributed by atoms with Crippen molar-refractivity contribution in [1.82, 2.24) is 0 Å². The van der Waals surface area contributed by atoms with Crippen molar-refractivity contribution >= 4 is 21.7 Å². The second-order valence-electron chi connectivity index (χ2n) is 5.76. The summed E-state index contributed by atoms with van der Waals surface area (Å²) in [5.74, 6) is 2.42. The van der Waals surface area contributed by atoms with Crippen molar-refractivity contribution in [3.63, 3.8) is 0 Å². The SMILES string of the molecule is CCCCOc1ccc(Oc2cc(C)c(C(=O)CBr)c(C)c2)cc1. The van der Waals surface area contributed by atoms with Crippen molar-refractivity contribution in [2.45, 2.75) is 33.6 Å². The van der Waals surface area contributed by atoms with Gasteiger partial charge in [0.05, 0.1) is 11.9 Å². The lowest BCUT2D eigenvalue weighted by Gasteiger charge is -2.12. The van der Waals surface area contributed by atoms with E-state index in [1.54, 1.807) is 0 Å². The number of benzene rings is 2. The largest absolute Gasteiger partial charge is 0.494 e. The van der Waals surface area contributed by atoms with Gasteiger partial charge in [-0.2, -0.15) is 0 Å². The minimum Gasteiger partial charge on any atom is -0.494 e. The molecule has 0 radical (unpaired) electrons. The highest BCUT2D eigenvalue weighted by Crippen LogP contribution is 2.28. The number of rotatable bonds is 8. The van der Waals surface area contributed by atoms with Crippen molar-refractivity contribution in [2.75, 3.05) is 11.9 Å². The van der Waals surface area contributed by atoms with Gasteiger partial charge in [0.25, 0.3) is 0 Å². The topological polar surface area (TPSA) is 35.5 Å². The Morgan fingerprint density at radius 2 is 1.58 bits per heavy atom. The Morgan fingerprint density at radius 3 is 2.12 bits per heavy atom. The van der Waals surface area contributed by atoms with E-state index in [4.69, 9.17) is 9.47 Å². The van der Waals surface area contributed by atoms with Gasteiger partial charge in [0.1, 0.15) is 17.2 Å². The maximum Gasteiger partial charge on any atom is 0.173 e. The predicted octanol–water partition coefficient (Wildman–Crippen LogP) is 5.85. The van der Waals surface area contributed by atoms with Crippen LogP contribution in [0.3, 0.4) is 0 Å². The Labute approximate surface area is 152 Å². The predicted molar refractivity (Wildman–Crippen MR) is 101 cm³/mol. The van der Waals surface area contributed by atoms with Crippen LogP contribution in [-0.4, -0.2) is 17.7 Å². The minimum atomic E-state index is 0.0881. The van der Waals surface area contributed by atoms with Crippen molar-refractivity contribution in [1.29, 1.82) is 0 Å². The number of alkyl halides is 1. The minimum absolute atomic E-state index is 0.0881. The van der Waals surface area contributed by atoms with E-state index in [1.807, 2.05) is 50.2 Å². The average Bonchev–Trinajstić information content (AvgIpc) is 2.56. The number of hydrogen-bond acceptors (Lipinski definition) is 3. The summed E-state index contributed by atoms with van der Waals surface area (Å²) in [4.78, 5) is 12.0. The van der Waals surface area contributed by atoms with Crippen molar-refractivity contribution < 1.29 is 14.3 Å². The van der Waals surface area contributed by atoms with E-state index in [-0.39, 0.29) is 5.78 Å². The molecule has 0 aliphatic carbocycles. The zero-order valence-electron chi connectivity index (χ0n) is 14.4. The molecule has 0 N–H and O–H groups in total. The highest BCUT2D eigenvalue weighted by molar-refractivity contribution is 9.09. The zero-order valence-corrected chi connectivity index (χ0v) is 16.0. The van der Waals surface area contributed by atoms with Crippen molar-refractivity contribution in [2.24, 2.45) is 0 Å². The van der Waals surface area contributed by atoms with Crippen LogP contribution in [-0.2, 0) is 0 Å². The maximum atomic E-state index is 12.0. The van der Waals surface area contributed by atoms with E-state index in [1.165, 1.54) is 0 Å². The summed E-state index contributed by atoms with van der Waals surface area (Å²) in [5, 5.41) is 0.328. The van der Waals surface area contributed by atoms with E-state index in [0.717, 1.165) is 53.4 Å². The molecule has 2 aromatic rings. The molecule has 2 aromatic carbocycles. The summed E-state index contributed by atoms with van der Waals surface area (Å²) in [7, 11) is 0. The van der Waals surface area contributed by atoms with Crippen molar-refractivity contribution in [3.8, 4) is 17.2 Å². The molecule has 24 heavy (non-hydrogen) atoms. The maximum absolute atomic E-state index is 12.0. The van der Waals surface area contributed by atoms with Crippen LogP contribution in [0, 0.1) is 13.8 Å². The number of ketones is 1. The molecule has 0 aliphatic heterocycles. The van der Waals surface area contributed by atoms with E-state index in [9.17, 15) is 4.79 Å². The van der Waals surface area contributed by atoms with Gasteiger partial charge >= 0.3 is 0 Å². The second-order valence-corrected chi connectivity index (χ2v) is 6.33. The number of carbonyl (C=O) groups excluding carboxylic acids is 1. The summed E-state index contributed by atoms with van der Waals surface area (Å²) in [5.41, 5.74) is 2.61. The Kier molecular flexibility index (Phi) is 6.85. The van der Waals surface area contributed by atoms with Gasteiger partial charge in [-0.05, 0) is 67.8 Å². The number of hydrogen-bond donors (Lipinski definition) is 0. The summed E-state index contributed by atoms with van der Waals surface area (Å²) in [6, 6.07) is 11.4. The first-order valence-electron chi connectivity index (χ1n) is 8.16. The first kappa shape index (κ1) is 18.5. The Hall–Kier alpha value is -1.81. The van der Waals surface area contributed by atoms with Gasteiger partial charge in [-0.15, -0.1) is 0 Å². The highest BCUT2D eigenvalue weighted by atomic mass is 79.9. The lowest BCUT2D eigenvalue weighted by atomic mass is 9.99. The molecule has 0 atom stereocenters. The Balaban J connectivity index is 2.09. The van der Waals surface area contributed by atoms with Crippen LogP contribution in [0.2, 0.25) is 0 Å². The van der Waals surface area contributed by atoms with E-state index >= 15 is 0 Å². The summed E-state index contributed by atoms with van der Waals surface area (Å²) in [6.45, 7) is 6.74. The molecule has 0 fully saturated rings. The molecular weight excluding hydrogens is 368 g/mol. The molecule has 0 unspecified atom stereocenters. The quantitative estimate of drug-likeness (QED) is 0.322. The van der Waals surface area contributed by atoms with Gasteiger partial charge in [0.15, 0.2) is 5.78 Å². The molecule has 0 saturated carbocycles. The van der Waals surface area contributed by atoms with Crippen LogP contribution in [0.4, 0.5) is 0 Å². The van der Waals surface area contributed by atoms with Crippen LogP contribution in [0.5, 0.6) is 17.2 Å². The summed E-state index contributed by atoms with van der Waals surface area (Å²) < 4.78 is 11.6. The van der Waals surface area contributed by atoms with E-state index < -0.39 is 0 Å². The zero-order chi connectivity index (χ0) is 17.5. The fraction of sp³-hybridized carbons (Fsp3) is 0.350. The second kappa shape index (κ2) is 8.88. The molecule has 2 rings (SSSR count). The summed E-state index contributed by atoms with van der Waals surface area (Å²) >= 11 is 3.23. The number of Topliss-reactive ketones (excluding diaryl/α,β-unsaturated/α-hetero) is 1. The van der Waals surface area contributed by atoms with E-state index in [0.29, 0.717) is 5.33 Å². The molecule has 0 amide bonds. The first-order valence-corrected chi connectivity index (χ1v) is 9.28. The Morgan fingerprint density at radius 1 is 1.00 bits per heavy atom. The van der Waals surface area contributed by atoms with E-state index in [2.05, 4.69) is 22.9 Å². The smallest absolute Gasteiger partial charge is 0.173 e. The normalized spacial score (nSPS) is 10.5. The van der Waals surface area contributed by atoms with Gasteiger partial charge in [-0.3, -0.25) is 4.79 Å². The lowest BCUT2D eigenvalue weighted by molar-refractivity contribution is 0.102. The average molecular weight is 391 g/mol. The van der Waals surface area contributed by atoms with Crippen LogP contribution in [0.25, 0.3) is 0 Å². The third-order valence-electron chi connectivity index (χ3n) is 3.73. The number of ether oxygens (including phenoxy) is 2. The van der Waals surface area contributed by atoms with Crippen LogP contribution in [0.1, 0.15) is 41.3 Å². The van der Waals surface area contributed by atoms with Crippen LogP contribution in [0.15, 0.2) is 36.4 Å². The van der Waals surface area contributed by atoms with Gasteiger partial charge in [-0.1, -0.05) is 29.3 Å². The van der Waals surface area contributed by atoms with Crippen LogP contribution >= 0.6 is 15.9 Å².